The minimum absolute atomic E-state index is 0.0299. The Hall–Kier alpha value is -4.49. The van der Waals surface area contributed by atoms with E-state index < -0.39 is 43.0 Å². The molecule has 11 nitrogen and oxygen atoms in total. The summed E-state index contributed by atoms with van der Waals surface area (Å²) < 4.78 is 19.8. The molecule has 0 saturated carbocycles. The Labute approximate surface area is 297 Å². The first kappa shape index (κ1) is 37.3. The van der Waals surface area contributed by atoms with Crippen LogP contribution in [0.25, 0.3) is 11.1 Å². The predicted molar refractivity (Wildman–Crippen MR) is 184 cm³/mol. The summed E-state index contributed by atoms with van der Waals surface area (Å²) in [4.78, 5) is 35.5. The molecule has 0 fully saturated rings. The number of nitrogens with one attached hydrogen (secondary N) is 1. The average molecular weight is 757 g/mol. The van der Waals surface area contributed by atoms with Crippen LogP contribution in [0.3, 0.4) is 0 Å². The second kappa shape index (κ2) is 17.8. The molecule has 0 spiro atoms. The van der Waals surface area contributed by atoms with Crippen molar-refractivity contribution in [3.63, 3.8) is 0 Å². The maximum Gasteiger partial charge on any atom is 0.374 e. The van der Waals surface area contributed by atoms with Gasteiger partial charge in [0.25, 0.3) is 6.04 Å². The summed E-state index contributed by atoms with van der Waals surface area (Å²) in [6.45, 7) is 3.12. The summed E-state index contributed by atoms with van der Waals surface area (Å²) in [5.74, 6) is -2.48. The van der Waals surface area contributed by atoms with E-state index in [0.29, 0.717) is 22.6 Å². The van der Waals surface area contributed by atoms with Crippen molar-refractivity contribution in [2.75, 3.05) is 6.61 Å². The summed E-state index contributed by atoms with van der Waals surface area (Å²) >= 11 is 10.4. The number of rotatable bonds is 17. The monoisotopic (exact) mass is 755 g/mol. The largest absolute Gasteiger partial charge is 0.488 e. The number of carboxylic acids is 2. The molecule has 1 heterocycles. The Bertz CT molecular complexity index is 1770. The maximum atomic E-state index is 12.5. The topological polar surface area (TPSA) is 156 Å². The number of carbonyl (C=O) groups excluding carboxylic acids is 1. The van der Waals surface area contributed by atoms with Crippen LogP contribution >= 0.6 is 27.5 Å². The lowest BCUT2D eigenvalue weighted by molar-refractivity contribution is -0.710. The van der Waals surface area contributed by atoms with Crippen molar-refractivity contribution in [1.29, 1.82) is 0 Å². The van der Waals surface area contributed by atoms with E-state index in [1.807, 2.05) is 48.5 Å². The third-order valence-corrected chi connectivity index (χ3v) is 8.54. The van der Waals surface area contributed by atoms with E-state index in [2.05, 4.69) is 21.2 Å². The van der Waals surface area contributed by atoms with Crippen molar-refractivity contribution in [3.05, 3.63) is 111 Å². The van der Waals surface area contributed by atoms with E-state index >= 15 is 0 Å². The highest BCUT2D eigenvalue weighted by atomic mass is 79.9. The van der Waals surface area contributed by atoms with E-state index in [9.17, 15) is 29.7 Å². The van der Waals surface area contributed by atoms with Crippen LogP contribution < -0.4 is 19.4 Å². The van der Waals surface area contributed by atoms with Crippen LogP contribution in [0.15, 0.2) is 89.7 Å². The van der Waals surface area contributed by atoms with Gasteiger partial charge < -0.3 is 29.5 Å². The van der Waals surface area contributed by atoms with Gasteiger partial charge in [-0.25, -0.2) is 4.79 Å². The number of aromatic nitrogens is 1. The number of nitrogens with zero attached hydrogens (tertiary/aromatic N) is 1. The molecule has 0 amide bonds. The highest BCUT2D eigenvalue weighted by Gasteiger charge is 2.30. The number of aliphatic hydroxyl groups excluding tert-OH is 1. The average Bonchev–Trinajstić information content (AvgIpc) is 3.07. The number of aliphatic hydroxyl groups is 1. The molecule has 0 radical (unpaired) electrons. The SMILES string of the molecule is CC(C)OC(=O)[C@H](CO)NCc1cc(Cl)c(OCc2cccc(-c3ccccc3)c2Br)cc1OCc1ccc[n+](C(CC(=O)O)C(=O)O)c1. The Morgan fingerprint density at radius 3 is 2.33 bits per heavy atom. The van der Waals surface area contributed by atoms with Gasteiger partial charge in [-0.05, 0) is 53.0 Å². The highest BCUT2D eigenvalue weighted by Crippen LogP contribution is 2.36. The number of aliphatic carboxylic acids is 2. The normalized spacial score (nSPS) is 12.3. The molecule has 0 bridgehead atoms. The molecule has 4 N–H and O–H groups in total. The van der Waals surface area contributed by atoms with Gasteiger partial charge in [-0.2, -0.15) is 4.57 Å². The van der Waals surface area contributed by atoms with Gasteiger partial charge in [0.2, 0.25) is 0 Å². The first-order chi connectivity index (χ1) is 23.5. The van der Waals surface area contributed by atoms with Crippen LogP contribution in [0, 0.1) is 0 Å². The minimum Gasteiger partial charge on any atom is -0.488 e. The first-order valence-electron chi connectivity index (χ1n) is 15.4. The van der Waals surface area contributed by atoms with E-state index in [4.69, 9.17) is 25.8 Å². The third-order valence-electron chi connectivity index (χ3n) is 7.31. The fraction of sp³-hybridized carbons (Fsp3) is 0.278. The summed E-state index contributed by atoms with van der Waals surface area (Å²) in [6.07, 6.45) is 2.01. The number of halogens is 2. The van der Waals surface area contributed by atoms with Crippen molar-refractivity contribution < 1.29 is 48.5 Å². The number of hydrogen-bond acceptors (Lipinski definition) is 8. The van der Waals surface area contributed by atoms with Gasteiger partial charge in [0.05, 0.1) is 23.3 Å². The molecular weight excluding hydrogens is 720 g/mol. The van der Waals surface area contributed by atoms with Crippen LogP contribution in [0.2, 0.25) is 5.02 Å². The Balaban J connectivity index is 1.60. The van der Waals surface area contributed by atoms with Crippen molar-refractivity contribution in [2.45, 2.75) is 58.2 Å². The summed E-state index contributed by atoms with van der Waals surface area (Å²) in [7, 11) is 0. The van der Waals surface area contributed by atoms with Gasteiger partial charge >= 0.3 is 17.9 Å². The van der Waals surface area contributed by atoms with E-state index in [1.165, 1.54) is 17.0 Å². The number of hydrogen-bond donors (Lipinski definition) is 4. The Kier molecular flexibility index (Phi) is 13.5. The van der Waals surface area contributed by atoms with Crippen LogP contribution in [0.5, 0.6) is 11.5 Å². The molecule has 3 aromatic carbocycles. The molecule has 1 aromatic heterocycles. The Morgan fingerprint density at radius 2 is 1.65 bits per heavy atom. The Morgan fingerprint density at radius 1 is 0.918 bits per heavy atom. The second-order valence-corrected chi connectivity index (χ2v) is 12.5. The molecule has 0 aliphatic carbocycles. The first-order valence-corrected chi connectivity index (χ1v) is 16.5. The molecule has 258 valence electrons. The highest BCUT2D eigenvalue weighted by molar-refractivity contribution is 9.10. The lowest BCUT2D eigenvalue weighted by Crippen LogP contribution is -2.45. The number of ether oxygens (including phenoxy) is 3. The lowest BCUT2D eigenvalue weighted by Gasteiger charge is -2.20. The molecule has 2 atom stereocenters. The predicted octanol–water partition coefficient (Wildman–Crippen LogP) is 5.72. The number of pyridine rings is 1. The van der Waals surface area contributed by atoms with E-state index in [-0.39, 0.29) is 30.9 Å². The summed E-state index contributed by atoms with van der Waals surface area (Å²) in [5.41, 5.74) is 4.02. The van der Waals surface area contributed by atoms with Gasteiger partial charge in [-0.15, -0.1) is 0 Å². The molecule has 13 heteroatoms. The zero-order chi connectivity index (χ0) is 35.5. The fourth-order valence-corrected chi connectivity index (χ4v) is 5.73. The molecule has 4 rings (SSSR count). The number of benzene rings is 3. The minimum atomic E-state index is -1.31. The molecule has 49 heavy (non-hydrogen) atoms. The van der Waals surface area contributed by atoms with Crippen LogP contribution in [-0.4, -0.2) is 52.0 Å². The van der Waals surface area contributed by atoms with Crippen molar-refractivity contribution >= 4 is 45.4 Å². The fourth-order valence-electron chi connectivity index (χ4n) is 4.89. The van der Waals surface area contributed by atoms with Crippen molar-refractivity contribution in [3.8, 4) is 22.6 Å². The molecular formula is C36H37BrClN2O9+. The quantitative estimate of drug-likeness (QED) is 0.0777. The van der Waals surface area contributed by atoms with Gasteiger partial charge in [-0.1, -0.05) is 60.1 Å². The zero-order valence-electron chi connectivity index (χ0n) is 26.8. The van der Waals surface area contributed by atoms with Crippen LogP contribution in [0.4, 0.5) is 0 Å². The van der Waals surface area contributed by atoms with Gasteiger partial charge in [-0.3, -0.25) is 14.9 Å². The number of esters is 1. The van der Waals surface area contributed by atoms with Gasteiger partial charge in [0.15, 0.2) is 12.4 Å². The summed E-state index contributed by atoms with van der Waals surface area (Å²) in [6, 6.07) is 20.1. The maximum absolute atomic E-state index is 12.5. The molecule has 0 aliphatic heterocycles. The summed E-state index contributed by atoms with van der Waals surface area (Å²) in [5, 5.41) is 31.9. The molecule has 1 unspecified atom stereocenters. The van der Waals surface area contributed by atoms with Crippen LogP contribution in [-0.2, 0) is 38.9 Å². The standard InChI is InChI=1S/C36H36BrClN2O9/c1-22(2)49-36(46)29(19-41)39-17-26-14-28(38)32(48-21-25-11-6-12-27(34(25)37)24-9-4-3-5-10-24)16-31(26)47-20-23-8-7-13-40(18-23)30(35(44)45)15-33(42)43/h3-14,16,18,22,29-30,39,41H,15,17,19-21H2,1-2H3,(H-,42,43,44,45)/p+1/t29-,30?/m0/s1. The third kappa shape index (κ3) is 10.5. The van der Waals surface area contributed by atoms with E-state index in [0.717, 1.165) is 21.2 Å². The smallest absolute Gasteiger partial charge is 0.374 e. The zero-order valence-corrected chi connectivity index (χ0v) is 29.2. The number of carboxylic acid groups (broad SMARTS) is 2. The van der Waals surface area contributed by atoms with Gasteiger partial charge in [0.1, 0.15) is 37.2 Å². The van der Waals surface area contributed by atoms with E-state index in [1.54, 1.807) is 38.1 Å². The van der Waals surface area contributed by atoms with Crippen molar-refractivity contribution in [1.82, 2.24) is 5.32 Å². The molecule has 4 aromatic rings. The van der Waals surface area contributed by atoms with Crippen molar-refractivity contribution in [2.24, 2.45) is 0 Å². The molecule has 0 aliphatic rings. The van der Waals surface area contributed by atoms with Crippen LogP contribution in [0.1, 0.15) is 43.0 Å². The number of carbonyl (C=O) groups is 3. The lowest BCUT2D eigenvalue weighted by atomic mass is 10.0. The second-order valence-electron chi connectivity index (χ2n) is 11.3. The molecule has 0 saturated heterocycles. The van der Waals surface area contributed by atoms with Gasteiger partial charge in [0, 0.05) is 34.3 Å².